The van der Waals surface area contributed by atoms with E-state index in [2.05, 4.69) is 60.7 Å². The van der Waals surface area contributed by atoms with Crippen molar-refractivity contribution in [3.8, 4) is 11.1 Å². The lowest BCUT2D eigenvalue weighted by molar-refractivity contribution is 1.65. The van der Waals surface area contributed by atoms with E-state index in [1.54, 1.807) is 0 Å². The van der Waals surface area contributed by atoms with E-state index < -0.39 is 7.27 Å². The van der Waals surface area contributed by atoms with Gasteiger partial charge >= 0.3 is 0 Å². The molecule has 0 nitrogen and oxygen atoms in total. The van der Waals surface area contributed by atoms with Crippen molar-refractivity contribution >= 4 is 29.1 Å². The van der Waals surface area contributed by atoms with Crippen LogP contribution in [0.5, 0.6) is 0 Å². The summed E-state index contributed by atoms with van der Waals surface area (Å²) in [5.74, 6) is 0. The molecular weight excluding hydrogens is 283 g/mol. The van der Waals surface area contributed by atoms with Gasteiger partial charge in [0.05, 0.1) is 7.27 Å². The Bertz CT molecular complexity index is 680. The third-order valence-electron chi connectivity index (χ3n) is 3.18. The molecule has 3 aromatic rings. The van der Waals surface area contributed by atoms with Crippen molar-refractivity contribution in [2.24, 2.45) is 0 Å². The Kier molecular flexibility index (Phi) is 4.16. The molecule has 0 fully saturated rings. The van der Waals surface area contributed by atoms with E-state index >= 15 is 0 Å². The Balaban J connectivity index is 2.07. The van der Waals surface area contributed by atoms with Gasteiger partial charge in [0.2, 0.25) is 0 Å². The fraction of sp³-hybridized carbons (Fsp3) is 0. The lowest BCUT2D eigenvalue weighted by Gasteiger charge is -2.15. The topological polar surface area (TPSA) is 0 Å². The first-order valence-corrected chi connectivity index (χ1v) is 8.76. The van der Waals surface area contributed by atoms with Gasteiger partial charge in [0.25, 0.3) is 0 Å². The maximum atomic E-state index is 6.75. The SMILES string of the molecule is ClP(c1ccccc1)c1ccccc1-c1ccccc1. The minimum Gasteiger partial charge on any atom is -0.0858 e. The first-order valence-electron chi connectivity index (χ1n) is 6.51. The molecule has 0 spiro atoms. The highest BCUT2D eigenvalue weighted by atomic mass is 35.7. The molecule has 0 radical (unpaired) electrons. The Morgan fingerprint density at radius 1 is 0.600 bits per heavy atom. The third kappa shape index (κ3) is 2.77. The zero-order valence-electron chi connectivity index (χ0n) is 10.9. The molecule has 0 aliphatic heterocycles. The van der Waals surface area contributed by atoms with E-state index in [1.165, 1.54) is 21.7 Å². The molecule has 0 aliphatic carbocycles. The van der Waals surface area contributed by atoms with E-state index in [1.807, 2.05) is 24.3 Å². The highest BCUT2D eigenvalue weighted by molar-refractivity contribution is 7.95. The van der Waals surface area contributed by atoms with E-state index in [-0.39, 0.29) is 0 Å². The van der Waals surface area contributed by atoms with Crippen LogP contribution in [0.3, 0.4) is 0 Å². The van der Waals surface area contributed by atoms with Crippen molar-refractivity contribution in [3.05, 3.63) is 84.9 Å². The molecule has 0 aliphatic rings. The second-order valence-corrected chi connectivity index (χ2v) is 7.07. The van der Waals surface area contributed by atoms with Crippen LogP contribution in [-0.4, -0.2) is 0 Å². The average Bonchev–Trinajstić information content (AvgIpc) is 2.56. The molecule has 20 heavy (non-hydrogen) atoms. The van der Waals surface area contributed by atoms with Gasteiger partial charge in [0.15, 0.2) is 0 Å². The zero-order chi connectivity index (χ0) is 13.8. The van der Waals surface area contributed by atoms with Crippen LogP contribution in [0.1, 0.15) is 0 Å². The lowest BCUT2D eigenvalue weighted by atomic mass is 10.1. The highest BCUT2D eigenvalue weighted by Crippen LogP contribution is 2.41. The van der Waals surface area contributed by atoms with Gasteiger partial charge in [-0.15, -0.1) is 0 Å². The molecule has 0 amide bonds. The largest absolute Gasteiger partial charge is 0.0858 e. The number of benzene rings is 3. The molecule has 0 heterocycles. The van der Waals surface area contributed by atoms with Crippen LogP contribution in [0.2, 0.25) is 0 Å². The van der Waals surface area contributed by atoms with E-state index in [0.29, 0.717) is 0 Å². The summed E-state index contributed by atoms with van der Waals surface area (Å²) in [5, 5.41) is 2.40. The third-order valence-corrected chi connectivity index (χ3v) is 5.88. The van der Waals surface area contributed by atoms with E-state index in [0.717, 1.165) is 0 Å². The summed E-state index contributed by atoms with van der Waals surface area (Å²) in [6, 6.07) is 29.1. The summed E-state index contributed by atoms with van der Waals surface area (Å²) < 4.78 is 0. The summed E-state index contributed by atoms with van der Waals surface area (Å²) >= 11 is 6.75. The maximum absolute atomic E-state index is 6.75. The van der Waals surface area contributed by atoms with Crippen molar-refractivity contribution in [2.45, 2.75) is 0 Å². The monoisotopic (exact) mass is 296 g/mol. The van der Waals surface area contributed by atoms with Crippen molar-refractivity contribution in [1.82, 2.24) is 0 Å². The predicted molar refractivity (Wildman–Crippen MR) is 90.4 cm³/mol. The molecule has 0 bridgehead atoms. The lowest BCUT2D eigenvalue weighted by Crippen LogP contribution is -2.10. The van der Waals surface area contributed by atoms with Crippen LogP contribution in [0.4, 0.5) is 0 Å². The molecule has 0 saturated carbocycles. The molecule has 3 aromatic carbocycles. The Morgan fingerprint density at radius 2 is 1.15 bits per heavy atom. The highest BCUT2D eigenvalue weighted by Gasteiger charge is 2.14. The molecule has 3 rings (SSSR count). The van der Waals surface area contributed by atoms with E-state index in [9.17, 15) is 0 Å². The van der Waals surface area contributed by atoms with Crippen LogP contribution >= 0.6 is 18.5 Å². The molecule has 98 valence electrons. The standard InChI is InChI=1S/C18H14ClP/c19-20(16-11-5-2-6-12-16)18-14-8-7-13-17(18)15-9-3-1-4-10-15/h1-14H. The van der Waals surface area contributed by atoms with Crippen molar-refractivity contribution < 1.29 is 0 Å². The van der Waals surface area contributed by atoms with Crippen LogP contribution in [0, 0.1) is 0 Å². The van der Waals surface area contributed by atoms with Crippen molar-refractivity contribution in [2.75, 3.05) is 0 Å². The summed E-state index contributed by atoms with van der Waals surface area (Å²) in [6.45, 7) is 0. The summed E-state index contributed by atoms with van der Waals surface area (Å²) in [4.78, 5) is 0. The van der Waals surface area contributed by atoms with E-state index in [4.69, 9.17) is 11.2 Å². The van der Waals surface area contributed by atoms with Gasteiger partial charge in [-0.3, -0.25) is 0 Å². The van der Waals surface area contributed by atoms with Crippen molar-refractivity contribution in [3.63, 3.8) is 0 Å². The molecule has 0 aromatic heterocycles. The molecular formula is C18H14ClP. The normalized spacial score (nSPS) is 12.1. The fourth-order valence-electron chi connectivity index (χ4n) is 2.20. The smallest absolute Gasteiger partial charge is 0.0530 e. The Morgan fingerprint density at radius 3 is 1.85 bits per heavy atom. The number of hydrogen-bond acceptors (Lipinski definition) is 0. The summed E-state index contributed by atoms with van der Waals surface area (Å²) in [5.41, 5.74) is 2.44. The van der Waals surface area contributed by atoms with Gasteiger partial charge in [-0.25, -0.2) is 0 Å². The minimum absolute atomic E-state index is 0.843. The van der Waals surface area contributed by atoms with Gasteiger partial charge in [-0.1, -0.05) is 96.2 Å². The average molecular weight is 297 g/mol. The van der Waals surface area contributed by atoms with Crippen LogP contribution < -0.4 is 10.6 Å². The fourth-order valence-corrected chi connectivity index (χ4v) is 4.33. The molecule has 2 heteroatoms. The second-order valence-electron chi connectivity index (χ2n) is 4.50. The Labute approximate surface area is 125 Å². The number of hydrogen-bond donors (Lipinski definition) is 0. The number of halogens is 1. The Hall–Kier alpha value is -1.62. The van der Waals surface area contributed by atoms with Gasteiger partial charge in [0, 0.05) is 5.30 Å². The quantitative estimate of drug-likeness (QED) is 0.601. The molecule has 1 unspecified atom stereocenters. The summed E-state index contributed by atoms with van der Waals surface area (Å²) in [6.07, 6.45) is 0. The summed E-state index contributed by atoms with van der Waals surface area (Å²) in [7, 11) is -0.843. The minimum atomic E-state index is -0.843. The van der Waals surface area contributed by atoms with Crippen LogP contribution in [-0.2, 0) is 0 Å². The van der Waals surface area contributed by atoms with Gasteiger partial charge < -0.3 is 0 Å². The first-order chi connectivity index (χ1) is 9.86. The first kappa shape index (κ1) is 13.4. The molecule has 0 N–H and O–H groups in total. The second kappa shape index (κ2) is 6.22. The number of rotatable bonds is 3. The maximum Gasteiger partial charge on any atom is 0.0530 e. The zero-order valence-corrected chi connectivity index (χ0v) is 12.6. The van der Waals surface area contributed by atoms with Crippen LogP contribution in [0.15, 0.2) is 84.9 Å². The molecule has 1 atom stereocenters. The van der Waals surface area contributed by atoms with Gasteiger partial charge in [-0.05, 0) is 16.4 Å². The van der Waals surface area contributed by atoms with Crippen molar-refractivity contribution in [1.29, 1.82) is 0 Å². The molecule has 0 saturated heterocycles. The van der Waals surface area contributed by atoms with Gasteiger partial charge in [-0.2, -0.15) is 0 Å². The predicted octanol–water partition coefficient (Wildman–Crippen LogP) is 4.94. The van der Waals surface area contributed by atoms with Crippen LogP contribution in [0.25, 0.3) is 11.1 Å². The van der Waals surface area contributed by atoms with Gasteiger partial charge in [0.1, 0.15) is 0 Å².